The van der Waals surface area contributed by atoms with Crippen LogP contribution in [0.1, 0.15) is 10.4 Å². The number of benzene rings is 1. The molecule has 0 saturated heterocycles. The van der Waals surface area contributed by atoms with Crippen molar-refractivity contribution in [1.82, 2.24) is 4.98 Å². The van der Waals surface area contributed by atoms with Crippen LogP contribution in [0.5, 0.6) is 5.75 Å². The molecule has 0 aliphatic carbocycles. The van der Waals surface area contributed by atoms with E-state index in [1.165, 1.54) is 18.4 Å². The summed E-state index contributed by atoms with van der Waals surface area (Å²) >= 11 is 19.3. The summed E-state index contributed by atoms with van der Waals surface area (Å²) < 4.78 is 10.8. The number of halogens is 3. The number of aromatic nitrogens is 1. The first-order chi connectivity index (χ1) is 10.0. The highest BCUT2D eigenvalue weighted by atomic mass is 35.5. The van der Waals surface area contributed by atoms with Crippen molar-refractivity contribution >= 4 is 52.1 Å². The van der Waals surface area contributed by atoms with Gasteiger partial charge in [-0.15, -0.1) is 11.3 Å². The third kappa shape index (κ3) is 4.23. The molecule has 0 bridgehead atoms. The molecule has 0 aliphatic heterocycles. The van der Waals surface area contributed by atoms with Crippen LogP contribution in [0.2, 0.25) is 14.5 Å². The molecule has 0 radical (unpaired) electrons. The molecule has 0 atom stereocenters. The summed E-state index contributed by atoms with van der Waals surface area (Å²) in [6, 6.07) is 3.22. The van der Waals surface area contributed by atoms with Crippen LogP contribution in [0.15, 0.2) is 18.3 Å². The molecule has 1 heterocycles. The highest BCUT2D eigenvalue weighted by Gasteiger charge is 2.17. The van der Waals surface area contributed by atoms with Crippen molar-refractivity contribution in [1.29, 1.82) is 0 Å². The Morgan fingerprint density at radius 2 is 2.00 bits per heavy atom. The van der Waals surface area contributed by atoms with Crippen molar-refractivity contribution in [3.8, 4) is 5.75 Å². The fourth-order valence-electron chi connectivity index (χ4n) is 1.61. The number of ether oxygens (including phenoxy) is 2. The number of methoxy groups -OCH3 is 1. The molecule has 21 heavy (non-hydrogen) atoms. The number of hydrogen-bond donors (Lipinski definition) is 0. The molecular weight excluding hydrogens is 357 g/mol. The van der Waals surface area contributed by atoms with Crippen LogP contribution in [0.3, 0.4) is 0 Å². The minimum Gasteiger partial charge on any atom is -0.486 e. The summed E-state index contributed by atoms with van der Waals surface area (Å²) in [6.07, 6.45) is 1.60. The zero-order chi connectivity index (χ0) is 15.4. The maximum absolute atomic E-state index is 11.5. The van der Waals surface area contributed by atoms with Gasteiger partial charge in [0.1, 0.15) is 12.4 Å². The molecule has 0 N–H and O–H groups in total. The van der Waals surface area contributed by atoms with Crippen molar-refractivity contribution in [3.05, 3.63) is 43.3 Å². The highest BCUT2D eigenvalue weighted by Crippen LogP contribution is 2.35. The van der Waals surface area contributed by atoms with E-state index in [2.05, 4.69) is 9.72 Å². The van der Waals surface area contributed by atoms with Gasteiger partial charge in [-0.25, -0.2) is 4.98 Å². The van der Waals surface area contributed by atoms with Crippen molar-refractivity contribution in [2.45, 2.75) is 13.0 Å². The zero-order valence-corrected chi connectivity index (χ0v) is 13.9. The van der Waals surface area contributed by atoms with E-state index in [0.717, 1.165) is 4.88 Å². The summed E-state index contributed by atoms with van der Waals surface area (Å²) in [5.41, 5.74) is 0.492. The van der Waals surface area contributed by atoms with E-state index in [1.807, 2.05) is 0 Å². The molecule has 1 aromatic carbocycles. The molecule has 2 aromatic rings. The van der Waals surface area contributed by atoms with Gasteiger partial charge in [-0.1, -0.05) is 34.8 Å². The van der Waals surface area contributed by atoms with Crippen LogP contribution in [0.25, 0.3) is 0 Å². The lowest BCUT2D eigenvalue weighted by Gasteiger charge is -2.13. The fraction of sp³-hybridized carbons (Fsp3) is 0.231. The van der Waals surface area contributed by atoms with E-state index >= 15 is 0 Å². The van der Waals surface area contributed by atoms with E-state index in [9.17, 15) is 4.79 Å². The second-order valence-electron chi connectivity index (χ2n) is 3.96. The molecule has 0 fully saturated rings. The minimum atomic E-state index is -0.426. The predicted molar refractivity (Wildman–Crippen MR) is 83.6 cm³/mol. The molecule has 0 aliphatic rings. The Morgan fingerprint density at radius 3 is 2.62 bits per heavy atom. The Kier molecular flexibility index (Phi) is 5.70. The molecule has 0 spiro atoms. The average Bonchev–Trinajstić information content (AvgIpc) is 2.87. The van der Waals surface area contributed by atoms with Gasteiger partial charge in [0, 0.05) is 16.8 Å². The van der Waals surface area contributed by atoms with E-state index in [4.69, 9.17) is 39.5 Å². The number of rotatable bonds is 5. The molecule has 1 aromatic heterocycles. The van der Waals surface area contributed by atoms with E-state index < -0.39 is 5.97 Å². The van der Waals surface area contributed by atoms with Gasteiger partial charge in [0.25, 0.3) is 0 Å². The van der Waals surface area contributed by atoms with E-state index in [1.54, 1.807) is 18.3 Å². The van der Waals surface area contributed by atoms with Crippen molar-refractivity contribution in [2.24, 2.45) is 0 Å². The smallest absolute Gasteiger partial charge is 0.310 e. The van der Waals surface area contributed by atoms with Gasteiger partial charge in [-0.3, -0.25) is 4.79 Å². The number of carbonyl (C=O) groups is 1. The fourth-order valence-corrected chi connectivity index (χ4v) is 2.94. The van der Waals surface area contributed by atoms with E-state index in [-0.39, 0.29) is 13.0 Å². The SMILES string of the molecule is COC(=O)Cc1c(Cl)ccc(Cl)c1OCc1cnc(Cl)s1. The van der Waals surface area contributed by atoms with Crippen LogP contribution in [0, 0.1) is 0 Å². The Bertz CT molecular complexity index is 660. The molecule has 0 saturated carbocycles. The summed E-state index contributed by atoms with van der Waals surface area (Å²) in [4.78, 5) is 16.2. The monoisotopic (exact) mass is 365 g/mol. The highest BCUT2D eigenvalue weighted by molar-refractivity contribution is 7.15. The molecule has 4 nitrogen and oxygen atoms in total. The zero-order valence-electron chi connectivity index (χ0n) is 10.9. The topological polar surface area (TPSA) is 48.4 Å². The number of carbonyl (C=O) groups excluding carboxylic acids is 1. The maximum Gasteiger partial charge on any atom is 0.310 e. The number of nitrogens with zero attached hydrogens (tertiary/aromatic N) is 1. The maximum atomic E-state index is 11.5. The van der Waals surface area contributed by atoms with Crippen molar-refractivity contribution < 1.29 is 14.3 Å². The second-order valence-corrected chi connectivity index (χ2v) is 6.47. The summed E-state index contributed by atoms with van der Waals surface area (Å²) in [5.74, 6) is -0.0658. The van der Waals surface area contributed by atoms with Crippen molar-refractivity contribution in [3.63, 3.8) is 0 Å². The molecule has 0 amide bonds. The lowest BCUT2D eigenvalue weighted by molar-refractivity contribution is -0.139. The van der Waals surface area contributed by atoms with Crippen molar-refractivity contribution in [2.75, 3.05) is 7.11 Å². The summed E-state index contributed by atoms with van der Waals surface area (Å²) in [6.45, 7) is 0.235. The molecular formula is C13H10Cl3NO3S. The molecule has 8 heteroatoms. The van der Waals surface area contributed by atoms with Gasteiger partial charge in [0.05, 0.1) is 23.4 Å². The summed E-state index contributed by atoms with van der Waals surface area (Å²) in [5, 5.41) is 0.760. The largest absolute Gasteiger partial charge is 0.486 e. The second kappa shape index (κ2) is 7.31. The van der Waals surface area contributed by atoms with Gasteiger partial charge in [-0.05, 0) is 12.1 Å². The van der Waals surface area contributed by atoms with Crippen LogP contribution in [-0.2, 0) is 22.6 Å². The lowest BCUT2D eigenvalue weighted by Crippen LogP contribution is -2.07. The average molecular weight is 367 g/mol. The lowest BCUT2D eigenvalue weighted by atomic mass is 10.1. The Hall–Kier alpha value is -1.01. The standard InChI is InChI=1S/C13H10Cl3NO3S/c1-19-11(18)4-8-9(14)2-3-10(15)12(8)20-6-7-5-17-13(16)21-7/h2-3,5H,4,6H2,1H3. The van der Waals surface area contributed by atoms with Crippen LogP contribution < -0.4 is 4.74 Å². The molecule has 0 unspecified atom stereocenters. The van der Waals surface area contributed by atoms with Gasteiger partial charge in [-0.2, -0.15) is 0 Å². The summed E-state index contributed by atoms with van der Waals surface area (Å²) in [7, 11) is 1.31. The van der Waals surface area contributed by atoms with Crippen LogP contribution >= 0.6 is 46.1 Å². The van der Waals surface area contributed by atoms with Gasteiger partial charge in [0.2, 0.25) is 0 Å². The first-order valence-electron chi connectivity index (χ1n) is 5.78. The first kappa shape index (κ1) is 16.4. The predicted octanol–water partition coefficient (Wildman–Crippen LogP) is 4.40. The Labute approximate surface area is 140 Å². The Balaban J connectivity index is 2.24. The normalized spacial score (nSPS) is 10.5. The van der Waals surface area contributed by atoms with Crippen LogP contribution in [-0.4, -0.2) is 18.1 Å². The van der Waals surface area contributed by atoms with Gasteiger partial charge >= 0.3 is 5.97 Å². The Morgan fingerprint density at radius 1 is 1.29 bits per heavy atom. The number of esters is 1. The number of hydrogen-bond acceptors (Lipinski definition) is 5. The van der Waals surface area contributed by atoms with Crippen LogP contribution in [0.4, 0.5) is 0 Å². The minimum absolute atomic E-state index is 0.0192. The van der Waals surface area contributed by atoms with Gasteiger partial charge < -0.3 is 9.47 Å². The number of thiazole rings is 1. The third-order valence-corrected chi connectivity index (χ3v) is 4.33. The molecule has 112 valence electrons. The quantitative estimate of drug-likeness (QED) is 0.736. The van der Waals surface area contributed by atoms with E-state index in [0.29, 0.717) is 25.8 Å². The third-order valence-electron chi connectivity index (χ3n) is 2.59. The van der Waals surface area contributed by atoms with Gasteiger partial charge in [0.15, 0.2) is 4.47 Å². The first-order valence-corrected chi connectivity index (χ1v) is 7.73. The molecule has 2 rings (SSSR count).